The maximum Gasteiger partial charge on any atom is 0.239 e. The van der Waals surface area contributed by atoms with Crippen LogP contribution in [-0.2, 0) is 4.79 Å². The molecule has 2 saturated heterocycles. The van der Waals surface area contributed by atoms with E-state index in [-0.39, 0.29) is 11.9 Å². The van der Waals surface area contributed by atoms with Crippen LogP contribution in [0.15, 0.2) is 0 Å². The van der Waals surface area contributed by atoms with Crippen LogP contribution in [0.4, 0.5) is 0 Å². The third kappa shape index (κ3) is 3.17. The number of carbonyl (C=O) groups excluding carboxylic acids is 1. The Morgan fingerprint density at radius 3 is 2.40 bits per heavy atom. The molecule has 4 nitrogen and oxygen atoms in total. The van der Waals surface area contributed by atoms with Gasteiger partial charge in [-0.1, -0.05) is 6.92 Å². The molecule has 1 N–H and O–H groups in total. The molecule has 3 atom stereocenters. The van der Waals surface area contributed by atoms with Crippen molar-refractivity contribution in [1.29, 1.82) is 0 Å². The standard InChI is InChI=1S/C16H31N3O/c1-5-9-17-13-10-14-7-8-15(11-13)19(14)12(3)16(20)18(4)6-2/h12-15,17H,5-11H2,1-4H3. The summed E-state index contributed by atoms with van der Waals surface area (Å²) in [6.45, 7) is 8.28. The normalized spacial score (nSPS) is 31.3. The van der Waals surface area contributed by atoms with Crippen molar-refractivity contribution < 1.29 is 4.79 Å². The highest BCUT2D eigenvalue weighted by Crippen LogP contribution is 2.37. The van der Waals surface area contributed by atoms with E-state index in [0.29, 0.717) is 18.1 Å². The van der Waals surface area contributed by atoms with Crippen molar-refractivity contribution in [1.82, 2.24) is 15.1 Å². The monoisotopic (exact) mass is 281 g/mol. The van der Waals surface area contributed by atoms with Gasteiger partial charge in [-0.15, -0.1) is 0 Å². The van der Waals surface area contributed by atoms with E-state index in [1.807, 2.05) is 18.9 Å². The van der Waals surface area contributed by atoms with Crippen molar-refractivity contribution in [2.24, 2.45) is 0 Å². The van der Waals surface area contributed by atoms with Crippen LogP contribution in [0.2, 0.25) is 0 Å². The molecule has 0 aromatic heterocycles. The third-order valence-corrected chi connectivity index (χ3v) is 5.13. The van der Waals surface area contributed by atoms with E-state index in [4.69, 9.17) is 0 Å². The van der Waals surface area contributed by atoms with Gasteiger partial charge in [-0.3, -0.25) is 9.69 Å². The molecular formula is C16H31N3O. The molecule has 0 radical (unpaired) electrons. The van der Waals surface area contributed by atoms with Crippen LogP contribution in [0.1, 0.15) is 52.9 Å². The van der Waals surface area contributed by atoms with Gasteiger partial charge < -0.3 is 10.2 Å². The molecule has 1 amide bonds. The first kappa shape index (κ1) is 15.8. The van der Waals surface area contributed by atoms with E-state index in [2.05, 4.69) is 24.1 Å². The molecule has 2 heterocycles. The van der Waals surface area contributed by atoms with Gasteiger partial charge in [0.05, 0.1) is 6.04 Å². The Morgan fingerprint density at radius 1 is 1.30 bits per heavy atom. The Hall–Kier alpha value is -0.610. The van der Waals surface area contributed by atoms with Crippen molar-refractivity contribution in [2.45, 2.75) is 77.0 Å². The molecule has 2 fully saturated rings. The summed E-state index contributed by atoms with van der Waals surface area (Å²) >= 11 is 0. The number of nitrogens with one attached hydrogen (secondary N) is 1. The number of piperidine rings is 1. The molecule has 2 aliphatic heterocycles. The van der Waals surface area contributed by atoms with Gasteiger partial charge >= 0.3 is 0 Å². The smallest absolute Gasteiger partial charge is 0.239 e. The molecule has 20 heavy (non-hydrogen) atoms. The SMILES string of the molecule is CCCNC1CC2CCC(C1)N2C(C)C(=O)N(C)CC. The number of hydrogen-bond donors (Lipinski definition) is 1. The lowest BCUT2D eigenvalue weighted by molar-refractivity contribution is -0.137. The third-order valence-electron chi connectivity index (χ3n) is 5.13. The quantitative estimate of drug-likeness (QED) is 0.807. The van der Waals surface area contributed by atoms with Gasteiger partial charge in [-0.2, -0.15) is 0 Å². The minimum Gasteiger partial charge on any atom is -0.345 e. The zero-order valence-corrected chi connectivity index (χ0v) is 13.6. The Kier molecular flexibility index (Phi) is 5.44. The van der Waals surface area contributed by atoms with Crippen LogP contribution in [0.3, 0.4) is 0 Å². The minimum absolute atomic E-state index is 0.0459. The zero-order valence-electron chi connectivity index (χ0n) is 13.6. The molecule has 4 heteroatoms. The van der Waals surface area contributed by atoms with Gasteiger partial charge in [0.1, 0.15) is 0 Å². The second kappa shape index (κ2) is 6.90. The summed E-state index contributed by atoms with van der Waals surface area (Å²) in [7, 11) is 1.91. The molecule has 0 aliphatic carbocycles. The van der Waals surface area contributed by atoms with Crippen LogP contribution in [0.25, 0.3) is 0 Å². The van der Waals surface area contributed by atoms with Crippen molar-refractivity contribution >= 4 is 5.91 Å². The number of nitrogens with zero attached hydrogens (tertiary/aromatic N) is 2. The fourth-order valence-electron chi connectivity index (χ4n) is 3.96. The topological polar surface area (TPSA) is 35.6 Å². The molecule has 2 aliphatic rings. The lowest BCUT2D eigenvalue weighted by Gasteiger charge is -2.42. The van der Waals surface area contributed by atoms with Crippen LogP contribution < -0.4 is 5.32 Å². The lowest BCUT2D eigenvalue weighted by atomic mass is 9.95. The summed E-state index contributed by atoms with van der Waals surface area (Å²) < 4.78 is 0. The van der Waals surface area contributed by atoms with E-state index in [1.54, 1.807) is 0 Å². The molecule has 3 unspecified atom stereocenters. The molecule has 0 aromatic carbocycles. The van der Waals surface area contributed by atoms with Gasteiger partial charge in [-0.05, 0) is 52.5 Å². The molecule has 116 valence electrons. The van der Waals surface area contributed by atoms with E-state index < -0.39 is 0 Å². The first-order chi connectivity index (χ1) is 9.58. The lowest BCUT2D eigenvalue weighted by Crippen LogP contribution is -2.56. The predicted molar refractivity (Wildman–Crippen MR) is 82.7 cm³/mol. The molecule has 0 aromatic rings. The molecule has 2 rings (SSSR count). The highest BCUT2D eigenvalue weighted by atomic mass is 16.2. The van der Waals surface area contributed by atoms with E-state index in [9.17, 15) is 4.79 Å². The summed E-state index contributed by atoms with van der Waals surface area (Å²) in [5, 5.41) is 3.67. The first-order valence-corrected chi connectivity index (χ1v) is 8.34. The maximum absolute atomic E-state index is 12.4. The van der Waals surface area contributed by atoms with E-state index in [0.717, 1.165) is 13.1 Å². The van der Waals surface area contributed by atoms with Crippen LogP contribution in [-0.4, -0.2) is 60.0 Å². The van der Waals surface area contributed by atoms with Crippen molar-refractivity contribution in [3.8, 4) is 0 Å². The molecular weight excluding hydrogens is 250 g/mol. The van der Waals surface area contributed by atoms with Crippen molar-refractivity contribution in [3.05, 3.63) is 0 Å². The molecule has 0 saturated carbocycles. The summed E-state index contributed by atoms with van der Waals surface area (Å²) in [5.74, 6) is 0.282. The predicted octanol–water partition coefficient (Wildman–Crippen LogP) is 1.85. The Balaban J connectivity index is 1.96. The van der Waals surface area contributed by atoms with Gasteiger partial charge in [-0.25, -0.2) is 0 Å². The number of fused-ring (bicyclic) bond motifs is 2. The van der Waals surface area contributed by atoms with Gasteiger partial charge in [0.15, 0.2) is 0 Å². The second-order valence-corrected chi connectivity index (χ2v) is 6.48. The second-order valence-electron chi connectivity index (χ2n) is 6.48. The minimum atomic E-state index is 0.0459. The number of carbonyl (C=O) groups is 1. The fraction of sp³-hybridized carbons (Fsp3) is 0.938. The average molecular weight is 281 g/mol. The van der Waals surface area contributed by atoms with Gasteiger partial charge in [0.25, 0.3) is 0 Å². The maximum atomic E-state index is 12.4. The summed E-state index contributed by atoms with van der Waals surface area (Å²) in [6.07, 6.45) is 6.16. The summed E-state index contributed by atoms with van der Waals surface area (Å²) in [4.78, 5) is 16.8. The van der Waals surface area contributed by atoms with Gasteiger partial charge in [0, 0.05) is 31.7 Å². The number of amides is 1. The van der Waals surface area contributed by atoms with Crippen molar-refractivity contribution in [2.75, 3.05) is 20.1 Å². The van der Waals surface area contributed by atoms with Crippen molar-refractivity contribution in [3.63, 3.8) is 0 Å². The Labute approximate surface area is 123 Å². The largest absolute Gasteiger partial charge is 0.345 e. The summed E-state index contributed by atoms with van der Waals surface area (Å²) in [5.41, 5.74) is 0. The summed E-state index contributed by atoms with van der Waals surface area (Å²) in [6, 6.07) is 1.92. The highest BCUT2D eigenvalue weighted by Gasteiger charge is 2.44. The Morgan fingerprint density at radius 2 is 1.90 bits per heavy atom. The fourth-order valence-corrected chi connectivity index (χ4v) is 3.96. The highest BCUT2D eigenvalue weighted by molar-refractivity contribution is 5.81. The molecule has 0 spiro atoms. The number of rotatable bonds is 6. The van der Waals surface area contributed by atoms with Gasteiger partial charge in [0.2, 0.25) is 5.91 Å². The average Bonchev–Trinajstić information content (AvgIpc) is 2.73. The Bertz CT molecular complexity index is 320. The number of hydrogen-bond acceptors (Lipinski definition) is 3. The molecule has 2 bridgehead atoms. The zero-order chi connectivity index (χ0) is 14.7. The first-order valence-electron chi connectivity index (χ1n) is 8.34. The van der Waals surface area contributed by atoms with Crippen LogP contribution in [0.5, 0.6) is 0 Å². The van der Waals surface area contributed by atoms with E-state index >= 15 is 0 Å². The van der Waals surface area contributed by atoms with Crippen LogP contribution in [0, 0.1) is 0 Å². The van der Waals surface area contributed by atoms with E-state index in [1.165, 1.54) is 32.1 Å². The van der Waals surface area contributed by atoms with Crippen LogP contribution >= 0.6 is 0 Å². The number of likely N-dealkylation sites (N-methyl/N-ethyl adjacent to an activating group) is 1.